The predicted molar refractivity (Wildman–Crippen MR) is 86.9 cm³/mol. The largest absolute Gasteiger partial charge is 0.461 e. The molecule has 2 rings (SSSR count). The first-order valence-corrected chi connectivity index (χ1v) is 7.45. The number of carbonyl (C=O) groups is 1. The van der Waals surface area contributed by atoms with E-state index in [0.717, 1.165) is 22.3 Å². The lowest BCUT2D eigenvalue weighted by molar-refractivity contribution is 0.0524. The number of hydrogen-bond acceptors (Lipinski definition) is 4. The minimum atomic E-state index is -0.510. The van der Waals surface area contributed by atoms with Gasteiger partial charge in [0.2, 0.25) is 0 Å². The Hall–Kier alpha value is -2.01. The highest BCUT2D eigenvalue weighted by Crippen LogP contribution is 2.25. The van der Waals surface area contributed by atoms with Crippen molar-refractivity contribution in [2.75, 3.05) is 6.54 Å². The van der Waals surface area contributed by atoms with Crippen molar-refractivity contribution in [3.05, 3.63) is 35.6 Å². The molecule has 3 N–H and O–H groups in total. The van der Waals surface area contributed by atoms with Crippen molar-refractivity contribution < 1.29 is 13.9 Å². The number of nitrogens with two attached hydrogens (primary N) is 1. The van der Waals surface area contributed by atoms with Gasteiger partial charge in [0.25, 0.3) is 0 Å². The Morgan fingerprint density at radius 1 is 1.36 bits per heavy atom. The number of alkyl carbamates (subject to hydrolysis) is 1. The molecule has 0 bridgehead atoms. The van der Waals surface area contributed by atoms with Crippen LogP contribution in [-0.4, -0.2) is 24.3 Å². The third-order valence-corrected chi connectivity index (χ3v) is 3.30. The van der Waals surface area contributed by atoms with Crippen molar-refractivity contribution in [2.45, 2.75) is 45.8 Å². The van der Waals surface area contributed by atoms with Gasteiger partial charge in [0.1, 0.15) is 16.9 Å². The second-order valence-electron chi connectivity index (χ2n) is 6.49. The molecule has 0 aliphatic rings. The molecule has 1 amide bonds. The number of para-hydroxylation sites is 1. The normalized spacial score (nSPS) is 13.1. The number of benzene rings is 1. The van der Waals surface area contributed by atoms with Crippen LogP contribution < -0.4 is 11.1 Å². The average molecular weight is 304 g/mol. The molecule has 0 saturated carbocycles. The van der Waals surface area contributed by atoms with Gasteiger partial charge >= 0.3 is 6.09 Å². The van der Waals surface area contributed by atoms with Gasteiger partial charge < -0.3 is 20.2 Å². The third-order valence-electron chi connectivity index (χ3n) is 3.30. The highest BCUT2D eigenvalue weighted by molar-refractivity contribution is 5.81. The lowest BCUT2D eigenvalue weighted by Gasteiger charge is -2.20. The zero-order valence-electron chi connectivity index (χ0n) is 13.6. The van der Waals surface area contributed by atoms with E-state index in [1.165, 1.54) is 0 Å². The number of ether oxygens (including phenoxy) is 1. The molecule has 0 radical (unpaired) electrons. The van der Waals surface area contributed by atoms with Crippen LogP contribution in [0.25, 0.3) is 11.0 Å². The Labute approximate surface area is 130 Å². The summed E-state index contributed by atoms with van der Waals surface area (Å²) in [5.41, 5.74) is 7.53. The fourth-order valence-electron chi connectivity index (χ4n) is 2.26. The molecule has 1 unspecified atom stereocenters. The van der Waals surface area contributed by atoms with Crippen LogP contribution in [0.4, 0.5) is 4.79 Å². The van der Waals surface area contributed by atoms with Crippen molar-refractivity contribution in [3.8, 4) is 0 Å². The first-order chi connectivity index (χ1) is 10.3. The number of fused-ring (bicyclic) bond motifs is 1. The van der Waals surface area contributed by atoms with Crippen molar-refractivity contribution in [3.63, 3.8) is 0 Å². The van der Waals surface area contributed by atoms with Crippen molar-refractivity contribution in [1.82, 2.24) is 5.32 Å². The van der Waals surface area contributed by atoms with E-state index >= 15 is 0 Å². The molecule has 1 aromatic carbocycles. The van der Waals surface area contributed by atoms with Gasteiger partial charge in [0.05, 0.1) is 0 Å². The Kier molecular flexibility index (Phi) is 4.76. The predicted octanol–water partition coefficient (Wildman–Crippen LogP) is 3.14. The van der Waals surface area contributed by atoms with Gasteiger partial charge in [-0.2, -0.15) is 0 Å². The molecule has 5 nitrogen and oxygen atoms in total. The summed E-state index contributed by atoms with van der Waals surface area (Å²) in [6.07, 6.45) is 0.111. The van der Waals surface area contributed by atoms with Crippen molar-refractivity contribution >= 4 is 17.1 Å². The van der Waals surface area contributed by atoms with Gasteiger partial charge in [-0.1, -0.05) is 18.2 Å². The highest BCUT2D eigenvalue weighted by atomic mass is 16.6. The van der Waals surface area contributed by atoms with Gasteiger partial charge in [0.15, 0.2) is 0 Å². The van der Waals surface area contributed by atoms with Gasteiger partial charge in [-0.3, -0.25) is 0 Å². The summed E-state index contributed by atoms with van der Waals surface area (Å²) in [7, 11) is 0. The molecule has 22 heavy (non-hydrogen) atoms. The number of carbonyl (C=O) groups excluding carboxylic acids is 1. The van der Waals surface area contributed by atoms with Gasteiger partial charge in [-0.05, 0) is 39.3 Å². The molecule has 0 saturated heterocycles. The second kappa shape index (κ2) is 6.40. The van der Waals surface area contributed by atoms with E-state index in [2.05, 4.69) is 5.32 Å². The molecule has 0 spiro atoms. The number of hydrogen-bond donors (Lipinski definition) is 2. The van der Waals surface area contributed by atoms with Crippen molar-refractivity contribution in [2.24, 2.45) is 5.73 Å². The molecular weight excluding hydrogens is 280 g/mol. The second-order valence-corrected chi connectivity index (χ2v) is 6.49. The van der Waals surface area contributed by atoms with Crippen LogP contribution in [0.1, 0.15) is 32.1 Å². The minimum absolute atomic E-state index is 0.230. The monoisotopic (exact) mass is 304 g/mol. The molecule has 5 heteroatoms. The molecule has 1 aromatic heterocycles. The van der Waals surface area contributed by atoms with Crippen LogP contribution >= 0.6 is 0 Å². The van der Waals surface area contributed by atoms with Crippen molar-refractivity contribution in [1.29, 1.82) is 0 Å². The maximum atomic E-state index is 11.6. The summed E-state index contributed by atoms with van der Waals surface area (Å²) in [6, 6.07) is 7.67. The number of aryl methyl sites for hydroxylation is 1. The van der Waals surface area contributed by atoms with Crippen LogP contribution in [0.3, 0.4) is 0 Å². The van der Waals surface area contributed by atoms with E-state index in [1.807, 2.05) is 52.0 Å². The molecule has 0 aliphatic carbocycles. The fourth-order valence-corrected chi connectivity index (χ4v) is 2.26. The molecule has 1 atom stereocenters. The smallest absolute Gasteiger partial charge is 0.407 e. The van der Waals surface area contributed by atoms with Crippen LogP contribution in [0.5, 0.6) is 0 Å². The number of nitrogens with one attached hydrogen (secondary N) is 1. The third kappa shape index (κ3) is 4.24. The zero-order chi connectivity index (χ0) is 16.3. The van der Waals surface area contributed by atoms with Gasteiger partial charge in [-0.25, -0.2) is 4.79 Å². The molecule has 120 valence electrons. The molecule has 2 aromatic rings. The lowest BCUT2D eigenvalue weighted by atomic mass is 10.1. The van der Waals surface area contributed by atoms with E-state index in [0.29, 0.717) is 13.0 Å². The first-order valence-electron chi connectivity index (χ1n) is 7.45. The summed E-state index contributed by atoms with van der Waals surface area (Å²) in [4.78, 5) is 11.6. The lowest BCUT2D eigenvalue weighted by Crippen LogP contribution is -2.41. The fraction of sp³-hybridized carbons (Fsp3) is 0.471. The summed E-state index contributed by atoms with van der Waals surface area (Å²) in [5.74, 6) is 0.861. The zero-order valence-corrected chi connectivity index (χ0v) is 13.6. The number of rotatable bonds is 4. The van der Waals surface area contributed by atoms with Crippen LogP contribution in [-0.2, 0) is 11.2 Å². The maximum absolute atomic E-state index is 11.6. The average Bonchev–Trinajstić information content (AvgIpc) is 2.72. The number of amides is 1. The Balaban J connectivity index is 1.92. The van der Waals surface area contributed by atoms with Gasteiger partial charge in [0, 0.05) is 24.4 Å². The molecule has 0 fully saturated rings. The highest BCUT2D eigenvalue weighted by Gasteiger charge is 2.18. The van der Waals surface area contributed by atoms with Crippen LogP contribution in [0.15, 0.2) is 28.7 Å². The number of furan rings is 1. The van der Waals surface area contributed by atoms with E-state index in [9.17, 15) is 4.79 Å². The van der Waals surface area contributed by atoms with E-state index < -0.39 is 11.7 Å². The van der Waals surface area contributed by atoms with Crippen LogP contribution in [0.2, 0.25) is 0 Å². The van der Waals surface area contributed by atoms with E-state index in [4.69, 9.17) is 14.9 Å². The SMILES string of the molecule is Cc1c(CC(N)CNC(=O)OC(C)(C)C)oc2ccccc12. The Morgan fingerprint density at radius 2 is 2.05 bits per heavy atom. The minimum Gasteiger partial charge on any atom is -0.461 e. The van der Waals surface area contributed by atoms with Gasteiger partial charge in [-0.15, -0.1) is 0 Å². The van der Waals surface area contributed by atoms with E-state index in [1.54, 1.807) is 0 Å². The molecular formula is C17H24N2O3. The maximum Gasteiger partial charge on any atom is 0.407 e. The molecule has 1 heterocycles. The summed E-state index contributed by atoms with van der Waals surface area (Å²) in [6.45, 7) is 7.83. The standard InChI is InChI=1S/C17H24N2O3/c1-11-13-7-5-6-8-14(13)21-15(11)9-12(18)10-19-16(20)22-17(2,3)4/h5-8,12H,9-10,18H2,1-4H3,(H,19,20). The van der Waals surface area contributed by atoms with Crippen LogP contribution in [0, 0.1) is 6.92 Å². The quantitative estimate of drug-likeness (QED) is 0.909. The van der Waals surface area contributed by atoms with E-state index in [-0.39, 0.29) is 6.04 Å². The summed E-state index contributed by atoms with van der Waals surface area (Å²) in [5, 5.41) is 3.79. The summed E-state index contributed by atoms with van der Waals surface area (Å²) >= 11 is 0. The first kappa shape index (κ1) is 16.4. The molecule has 0 aliphatic heterocycles. The Bertz CT molecular complexity index is 655. The Morgan fingerprint density at radius 3 is 2.68 bits per heavy atom. The topological polar surface area (TPSA) is 77.5 Å². The summed E-state index contributed by atoms with van der Waals surface area (Å²) < 4.78 is 11.0.